The Hall–Kier alpha value is -1.39. The molecule has 1 aromatic carbocycles. The first kappa shape index (κ1) is 15.7. The molecule has 0 radical (unpaired) electrons. The molecule has 0 aliphatic rings. The SMILES string of the molecule is CCNCC(=Cc1cc([N+](=O)[O-])ccc1Cl)C(C)C. The Kier molecular flexibility index (Phi) is 5.99. The van der Waals surface area contributed by atoms with E-state index in [1.807, 2.05) is 13.0 Å². The van der Waals surface area contributed by atoms with Crippen LogP contribution in [-0.4, -0.2) is 18.0 Å². The molecule has 1 aromatic rings. The van der Waals surface area contributed by atoms with Crippen LogP contribution < -0.4 is 5.32 Å². The molecule has 0 spiro atoms. The molecule has 0 amide bonds. The van der Waals surface area contributed by atoms with Crippen LogP contribution in [0.25, 0.3) is 6.08 Å². The maximum Gasteiger partial charge on any atom is 0.270 e. The van der Waals surface area contributed by atoms with Crippen LogP contribution in [0, 0.1) is 16.0 Å². The van der Waals surface area contributed by atoms with Gasteiger partial charge in [-0.3, -0.25) is 10.1 Å². The summed E-state index contributed by atoms with van der Waals surface area (Å²) >= 11 is 6.10. The van der Waals surface area contributed by atoms with E-state index in [0.717, 1.165) is 13.1 Å². The fraction of sp³-hybridized carbons (Fsp3) is 0.429. The van der Waals surface area contributed by atoms with E-state index in [0.29, 0.717) is 16.5 Å². The average Bonchev–Trinajstić information content (AvgIpc) is 2.35. The van der Waals surface area contributed by atoms with Gasteiger partial charge in [0.15, 0.2) is 0 Å². The number of nitro benzene ring substituents is 1. The van der Waals surface area contributed by atoms with Crippen molar-refractivity contribution in [1.29, 1.82) is 0 Å². The second-order valence-electron chi connectivity index (χ2n) is 4.62. The average molecular weight is 283 g/mol. The van der Waals surface area contributed by atoms with Gasteiger partial charge in [0.2, 0.25) is 0 Å². The Morgan fingerprint density at radius 3 is 2.74 bits per heavy atom. The Balaban J connectivity index is 3.11. The van der Waals surface area contributed by atoms with E-state index in [1.54, 1.807) is 6.07 Å². The molecule has 1 rings (SSSR count). The molecule has 0 atom stereocenters. The molecule has 104 valence electrons. The van der Waals surface area contributed by atoms with E-state index >= 15 is 0 Å². The van der Waals surface area contributed by atoms with Gasteiger partial charge in [-0.2, -0.15) is 0 Å². The number of nitrogens with zero attached hydrogens (tertiary/aromatic N) is 1. The molecule has 0 aliphatic heterocycles. The van der Waals surface area contributed by atoms with Crippen LogP contribution >= 0.6 is 11.6 Å². The maximum atomic E-state index is 10.8. The molecule has 0 fully saturated rings. The molecule has 19 heavy (non-hydrogen) atoms. The molecule has 0 heterocycles. The van der Waals surface area contributed by atoms with Crippen LogP contribution in [0.2, 0.25) is 5.02 Å². The van der Waals surface area contributed by atoms with E-state index in [-0.39, 0.29) is 5.69 Å². The largest absolute Gasteiger partial charge is 0.313 e. The van der Waals surface area contributed by atoms with Crippen LogP contribution in [0.3, 0.4) is 0 Å². The van der Waals surface area contributed by atoms with E-state index in [1.165, 1.54) is 17.7 Å². The molecular formula is C14H19ClN2O2. The van der Waals surface area contributed by atoms with Gasteiger partial charge in [-0.25, -0.2) is 0 Å². The fourth-order valence-electron chi connectivity index (χ4n) is 1.65. The first-order chi connectivity index (χ1) is 8.95. The highest BCUT2D eigenvalue weighted by molar-refractivity contribution is 6.32. The molecule has 0 unspecified atom stereocenters. The minimum atomic E-state index is -0.410. The minimum absolute atomic E-state index is 0.0576. The molecule has 5 heteroatoms. The zero-order valence-corrected chi connectivity index (χ0v) is 12.2. The standard InChI is InChI=1S/C14H19ClN2O2/c1-4-16-9-12(10(2)3)7-11-8-13(17(18)19)5-6-14(11)15/h5-8,10,16H,4,9H2,1-3H3. The smallest absolute Gasteiger partial charge is 0.270 e. The Labute approximate surface area is 118 Å². The first-order valence-electron chi connectivity index (χ1n) is 6.30. The van der Waals surface area contributed by atoms with Gasteiger partial charge < -0.3 is 5.32 Å². The highest BCUT2D eigenvalue weighted by atomic mass is 35.5. The van der Waals surface area contributed by atoms with Crippen molar-refractivity contribution in [3.63, 3.8) is 0 Å². The summed E-state index contributed by atoms with van der Waals surface area (Å²) in [7, 11) is 0. The molecule has 0 aliphatic carbocycles. The van der Waals surface area contributed by atoms with Crippen LogP contribution in [0.4, 0.5) is 5.69 Å². The van der Waals surface area contributed by atoms with Gasteiger partial charge >= 0.3 is 0 Å². The lowest BCUT2D eigenvalue weighted by atomic mass is 10.00. The predicted molar refractivity (Wildman–Crippen MR) is 79.5 cm³/mol. The number of benzene rings is 1. The number of non-ortho nitro benzene ring substituents is 1. The van der Waals surface area contributed by atoms with Crippen LogP contribution in [0.1, 0.15) is 26.3 Å². The van der Waals surface area contributed by atoms with Gasteiger partial charge in [-0.1, -0.05) is 44.0 Å². The number of rotatable bonds is 6. The summed E-state index contributed by atoms with van der Waals surface area (Å²) in [6.45, 7) is 7.86. The third kappa shape index (κ3) is 4.65. The quantitative estimate of drug-likeness (QED) is 0.636. The fourth-order valence-corrected chi connectivity index (χ4v) is 1.82. The van der Waals surface area contributed by atoms with Crippen molar-refractivity contribution in [2.45, 2.75) is 20.8 Å². The third-order valence-corrected chi connectivity index (χ3v) is 3.20. The van der Waals surface area contributed by atoms with E-state index in [2.05, 4.69) is 19.2 Å². The predicted octanol–water partition coefficient (Wildman–Crippen LogP) is 3.90. The number of hydrogen-bond acceptors (Lipinski definition) is 3. The Morgan fingerprint density at radius 1 is 1.53 bits per heavy atom. The van der Waals surface area contributed by atoms with Crippen molar-refractivity contribution in [3.05, 3.63) is 44.5 Å². The zero-order valence-electron chi connectivity index (χ0n) is 11.4. The summed E-state index contributed by atoms with van der Waals surface area (Å²) in [5.41, 5.74) is 1.92. The lowest BCUT2D eigenvalue weighted by Gasteiger charge is -2.12. The van der Waals surface area contributed by atoms with E-state index in [4.69, 9.17) is 11.6 Å². The molecule has 0 saturated carbocycles. The summed E-state index contributed by atoms with van der Waals surface area (Å²) in [6.07, 6.45) is 1.93. The minimum Gasteiger partial charge on any atom is -0.313 e. The van der Waals surface area contributed by atoms with Crippen LogP contribution in [0.15, 0.2) is 23.8 Å². The summed E-state index contributed by atoms with van der Waals surface area (Å²) < 4.78 is 0. The summed E-state index contributed by atoms with van der Waals surface area (Å²) in [4.78, 5) is 10.4. The van der Waals surface area contributed by atoms with Crippen molar-refractivity contribution < 1.29 is 4.92 Å². The molecule has 4 nitrogen and oxygen atoms in total. The third-order valence-electron chi connectivity index (χ3n) is 2.85. The van der Waals surface area contributed by atoms with E-state index < -0.39 is 4.92 Å². The van der Waals surface area contributed by atoms with E-state index in [9.17, 15) is 10.1 Å². The van der Waals surface area contributed by atoms with Gasteiger partial charge in [0.1, 0.15) is 0 Å². The van der Waals surface area contributed by atoms with Crippen molar-refractivity contribution in [2.24, 2.45) is 5.92 Å². The van der Waals surface area contributed by atoms with Gasteiger partial charge in [0.25, 0.3) is 5.69 Å². The van der Waals surface area contributed by atoms with Crippen molar-refractivity contribution in [3.8, 4) is 0 Å². The van der Waals surface area contributed by atoms with Crippen LogP contribution in [-0.2, 0) is 0 Å². The van der Waals surface area contributed by atoms with Gasteiger partial charge in [-0.05, 0) is 24.1 Å². The monoisotopic (exact) mass is 282 g/mol. The van der Waals surface area contributed by atoms with Crippen molar-refractivity contribution >= 4 is 23.4 Å². The van der Waals surface area contributed by atoms with Gasteiger partial charge in [-0.15, -0.1) is 0 Å². The molecule has 1 N–H and O–H groups in total. The second-order valence-corrected chi connectivity index (χ2v) is 5.02. The summed E-state index contributed by atoms with van der Waals surface area (Å²) in [5.74, 6) is 0.356. The Bertz CT molecular complexity index is 484. The normalized spacial score (nSPS) is 11.9. The van der Waals surface area contributed by atoms with Crippen LogP contribution in [0.5, 0.6) is 0 Å². The maximum absolute atomic E-state index is 10.8. The summed E-state index contributed by atoms with van der Waals surface area (Å²) in [6, 6.07) is 4.49. The molecule has 0 aromatic heterocycles. The number of hydrogen-bond donors (Lipinski definition) is 1. The molecule has 0 saturated heterocycles. The topological polar surface area (TPSA) is 55.2 Å². The lowest BCUT2D eigenvalue weighted by molar-refractivity contribution is -0.384. The number of likely N-dealkylation sites (N-methyl/N-ethyl adjacent to an activating group) is 1. The molecule has 0 bridgehead atoms. The lowest BCUT2D eigenvalue weighted by Crippen LogP contribution is -2.18. The van der Waals surface area contributed by atoms with Gasteiger partial charge in [0, 0.05) is 23.7 Å². The number of nitrogens with one attached hydrogen (secondary N) is 1. The zero-order chi connectivity index (χ0) is 14.4. The highest BCUT2D eigenvalue weighted by Gasteiger charge is 2.10. The second kappa shape index (κ2) is 7.26. The van der Waals surface area contributed by atoms with Crippen molar-refractivity contribution in [1.82, 2.24) is 5.32 Å². The van der Waals surface area contributed by atoms with Gasteiger partial charge in [0.05, 0.1) is 4.92 Å². The van der Waals surface area contributed by atoms with Crippen molar-refractivity contribution in [2.75, 3.05) is 13.1 Å². The number of halogens is 1. The molecular weight excluding hydrogens is 264 g/mol. The Morgan fingerprint density at radius 2 is 2.21 bits per heavy atom. The highest BCUT2D eigenvalue weighted by Crippen LogP contribution is 2.25. The summed E-state index contributed by atoms with van der Waals surface area (Å²) in [5, 5.41) is 14.6. The number of nitro groups is 1. The first-order valence-corrected chi connectivity index (χ1v) is 6.68.